The average molecular weight is 419 g/mol. The Labute approximate surface area is 181 Å². The molecule has 7 heteroatoms. The number of rotatable bonds is 9. The van der Waals surface area contributed by atoms with Gasteiger partial charge >= 0.3 is 5.97 Å². The molecule has 1 N–H and O–H groups in total. The number of carbonyl (C=O) groups is 2. The van der Waals surface area contributed by atoms with E-state index in [9.17, 15) is 9.59 Å². The molecule has 0 radical (unpaired) electrons. The van der Waals surface area contributed by atoms with E-state index >= 15 is 0 Å². The average Bonchev–Trinajstić information content (AvgIpc) is 3.57. The van der Waals surface area contributed by atoms with Crippen LogP contribution in [0.15, 0.2) is 60.7 Å². The fraction of sp³-hybridized carbons (Fsp3) is 0.292. The van der Waals surface area contributed by atoms with Crippen molar-refractivity contribution in [3.05, 3.63) is 71.9 Å². The normalized spacial score (nSPS) is 12.9. The van der Waals surface area contributed by atoms with E-state index in [1.165, 1.54) is 0 Å². The number of ether oxygens (including phenoxy) is 2. The smallest absolute Gasteiger partial charge is 0.306 e. The van der Waals surface area contributed by atoms with Gasteiger partial charge in [-0.05, 0) is 49.1 Å². The maximum absolute atomic E-state index is 12.4. The number of anilines is 1. The molecule has 1 saturated carbocycles. The lowest BCUT2D eigenvalue weighted by molar-refractivity contribution is -0.147. The minimum Gasteiger partial charge on any atom is -0.497 e. The van der Waals surface area contributed by atoms with Gasteiger partial charge in [-0.1, -0.05) is 30.3 Å². The fourth-order valence-electron chi connectivity index (χ4n) is 3.27. The van der Waals surface area contributed by atoms with Gasteiger partial charge in [0.2, 0.25) is 0 Å². The summed E-state index contributed by atoms with van der Waals surface area (Å²) in [6, 6.07) is 19.0. The lowest BCUT2D eigenvalue weighted by Gasteiger charge is -2.09. The van der Waals surface area contributed by atoms with E-state index in [2.05, 4.69) is 10.4 Å². The number of hydrogen-bond donors (Lipinski definition) is 1. The van der Waals surface area contributed by atoms with Crippen molar-refractivity contribution >= 4 is 17.7 Å². The van der Waals surface area contributed by atoms with Crippen molar-refractivity contribution in [2.45, 2.75) is 31.6 Å². The first-order valence-electron chi connectivity index (χ1n) is 10.4. The van der Waals surface area contributed by atoms with Gasteiger partial charge < -0.3 is 14.8 Å². The molecule has 31 heavy (non-hydrogen) atoms. The Morgan fingerprint density at radius 2 is 1.84 bits per heavy atom. The lowest BCUT2D eigenvalue weighted by Crippen LogP contribution is -2.22. The molecule has 0 unspecified atom stereocenters. The van der Waals surface area contributed by atoms with Crippen molar-refractivity contribution in [2.24, 2.45) is 0 Å². The topological polar surface area (TPSA) is 82.4 Å². The second kappa shape index (κ2) is 9.47. The van der Waals surface area contributed by atoms with E-state index in [4.69, 9.17) is 9.47 Å². The number of benzene rings is 2. The standard InChI is InChI=1S/C24H25N3O4/c1-30-20-12-7-17(8-13-20)9-14-24(29)31-16-23(28)25-22-15-21(18-10-11-18)26-27(22)19-5-3-2-4-6-19/h2-8,12-13,15,18H,9-11,14,16H2,1H3,(H,25,28). The number of para-hydroxylation sites is 1. The van der Waals surface area contributed by atoms with Crippen molar-refractivity contribution in [3.8, 4) is 11.4 Å². The van der Waals surface area contributed by atoms with E-state index < -0.39 is 11.9 Å². The molecule has 0 bridgehead atoms. The van der Waals surface area contributed by atoms with E-state index in [0.717, 1.165) is 35.5 Å². The van der Waals surface area contributed by atoms with Crippen LogP contribution in [0.4, 0.5) is 5.82 Å². The summed E-state index contributed by atoms with van der Waals surface area (Å²) in [7, 11) is 1.61. The van der Waals surface area contributed by atoms with Crippen LogP contribution in [0.3, 0.4) is 0 Å². The Balaban J connectivity index is 1.30. The van der Waals surface area contributed by atoms with Gasteiger partial charge in [0, 0.05) is 18.4 Å². The van der Waals surface area contributed by atoms with Crippen LogP contribution in [0, 0.1) is 0 Å². The first kappa shape index (κ1) is 20.7. The molecular formula is C24H25N3O4. The van der Waals surface area contributed by atoms with Gasteiger partial charge in [0.15, 0.2) is 6.61 Å². The highest BCUT2D eigenvalue weighted by molar-refractivity contribution is 5.92. The predicted molar refractivity (Wildman–Crippen MR) is 116 cm³/mol. The van der Waals surface area contributed by atoms with Crippen LogP contribution in [-0.4, -0.2) is 35.4 Å². The van der Waals surface area contributed by atoms with E-state index in [1.807, 2.05) is 60.7 Å². The molecule has 160 valence electrons. The van der Waals surface area contributed by atoms with Crippen molar-refractivity contribution in [3.63, 3.8) is 0 Å². The summed E-state index contributed by atoms with van der Waals surface area (Å²) in [6.07, 6.45) is 2.97. The summed E-state index contributed by atoms with van der Waals surface area (Å²) in [5, 5.41) is 7.48. The van der Waals surface area contributed by atoms with E-state index in [1.54, 1.807) is 11.8 Å². The Morgan fingerprint density at radius 3 is 2.52 bits per heavy atom. The fourth-order valence-corrected chi connectivity index (χ4v) is 3.27. The number of hydrogen-bond acceptors (Lipinski definition) is 5. The van der Waals surface area contributed by atoms with Gasteiger partial charge in [-0.15, -0.1) is 0 Å². The zero-order valence-corrected chi connectivity index (χ0v) is 17.4. The number of methoxy groups -OCH3 is 1. The van der Waals surface area contributed by atoms with Crippen LogP contribution >= 0.6 is 0 Å². The number of esters is 1. The zero-order chi connectivity index (χ0) is 21.6. The third-order valence-electron chi connectivity index (χ3n) is 5.13. The second-order valence-corrected chi connectivity index (χ2v) is 7.53. The molecule has 3 aromatic rings. The lowest BCUT2D eigenvalue weighted by atomic mass is 10.1. The molecule has 0 atom stereocenters. The van der Waals surface area contributed by atoms with Crippen LogP contribution < -0.4 is 10.1 Å². The van der Waals surface area contributed by atoms with Crippen LogP contribution in [0.1, 0.15) is 36.4 Å². The largest absolute Gasteiger partial charge is 0.497 e. The molecule has 1 aromatic heterocycles. The summed E-state index contributed by atoms with van der Waals surface area (Å²) < 4.78 is 12.0. The highest BCUT2D eigenvalue weighted by Gasteiger charge is 2.28. The minimum atomic E-state index is -0.416. The minimum absolute atomic E-state index is 0.202. The Kier molecular flexibility index (Phi) is 6.31. The molecular weight excluding hydrogens is 394 g/mol. The van der Waals surface area contributed by atoms with Crippen LogP contribution in [-0.2, 0) is 20.7 Å². The summed E-state index contributed by atoms with van der Waals surface area (Å²) in [4.78, 5) is 24.4. The Morgan fingerprint density at radius 1 is 1.10 bits per heavy atom. The van der Waals surface area contributed by atoms with Crippen molar-refractivity contribution in [1.29, 1.82) is 0 Å². The maximum Gasteiger partial charge on any atom is 0.306 e. The highest BCUT2D eigenvalue weighted by atomic mass is 16.5. The van der Waals surface area contributed by atoms with Gasteiger partial charge in [0.05, 0.1) is 18.5 Å². The summed E-state index contributed by atoms with van der Waals surface area (Å²) >= 11 is 0. The first-order chi connectivity index (χ1) is 15.1. The van der Waals surface area contributed by atoms with Crippen molar-refractivity contribution < 1.29 is 19.1 Å². The summed E-state index contributed by atoms with van der Waals surface area (Å²) in [6.45, 7) is -0.333. The third-order valence-corrected chi connectivity index (χ3v) is 5.13. The number of aryl methyl sites for hydroxylation is 1. The molecule has 0 spiro atoms. The third kappa shape index (κ3) is 5.51. The van der Waals surface area contributed by atoms with Crippen LogP contribution in [0.2, 0.25) is 0 Å². The molecule has 1 aliphatic carbocycles. The molecule has 1 fully saturated rings. The molecule has 4 rings (SSSR count). The highest BCUT2D eigenvalue weighted by Crippen LogP contribution is 2.40. The second-order valence-electron chi connectivity index (χ2n) is 7.53. The number of nitrogens with zero attached hydrogens (tertiary/aromatic N) is 2. The van der Waals surface area contributed by atoms with E-state index in [-0.39, 0.29) is 13.0 Å². The Bertz CT molecular complexity index is 1040. The number of nitrogens with one attached hydrogen (secondary N) is 1. The Hall–Kier alpha value is -3.61. The summed E-state index contributed by atoms with van der Waals surface area (Å²) in [5.74, 6) is 0.991. The van der Waals surface area contributed by atoms with Crippen molar-refractivity contribution in [2.75, 3.05) is 19.0 Å². The van der Waals surface area contributed by atoms with E-state index in [0.29, 0.717) is 18.2 Å². The van der Waals surface area contributed by atoms with Gasteiger partial charge in [-0.2, -0.15) is 5.10 Å². The predicted octanol–water partition coefficient (Wildman–Crippen LogP) is 3.87. The van der Waals surface area contributed by atoms with Gasteiger partial charge in [0.1, 0.15) is 11.6 Å². The molecule has 1 aliphatic rings. The van der Waals surface area contributed by atoms with Gasteiger partial charge in [-0.3, -0.25) is 9.59 Å². The monoisotopic (exact) mass is 419 g/mol. The molecule has 1 amide bonds. The number of amides is 1. The van der Waals surface area contributed by atoms with Crippen LogP contribution in [0.25, 0.3) is 5.69 Å². The quantitative estimate of drug-likeness (QED) is 0.533. The molecule has 0 aliphatic heterocycles. The maximum atomic E-state index is 12.4. The number of carbonyl (C=O) groups excluding carboxylic acids is 2. The SMILES string of the molecule is COc1ccc(CCC(=O)OCC(=O)Nc2cc(C3CC3)nn2-c2ccccc2)cc1. The van der Waals surface area contributed by atoms with Gasteiger partial charge in [-0.25, -0.2) is 4.68 Å². The summed E-state index contributed by atoms with van der Waals surface area (Å²) in [5.41, 5.74) is 2.83. The first-order valence-corrected chi connectivity index (χ1v) is 10.4. The van der Waals surface area contributed by atoms with Gasteiger partial charge in [0.25, 0.3) is 5.91 Å². The molecule has 0 saturated heterocycles. The molecule has 7 nitrogen and oxygen atoms in total. The van der Waals surface area contributed by atoms with Crippen LogP contribution in [0.5, 0.6) is 5.75 Å². The van der Waals surface area contributed by atoms with Crippen molar-refractivity contribution in [1.82, 2.24) is 9.78 Å². The number of aromatic nitrogens is 2. The molecule has 1 heterocycles. The molecule has 2 aromatic carbocycles. The zero-order valence-electron chi connectivity index (χ0n) is 17.4.